The van der Waals surface area contributed by atoms with Crippen molar-refractivity contribution in [2.75, 3.05) is 40.4 Å². The first-order valence-corrected chi connectivity index (χ1v) is 7.21. The quantitative estimate of drug-likeness (QED) is 0.322. The molecule has 0 saturated carbocycles. The van der Waals surface area contributed by atoms with Crippen LogP contribution in [-0.2, 0) is 19.0 Å². The number of hydrogen-bond acceptors (Lipinski definition) is 4. The van der Waals surface area contributed by atoms with Crippen LogP contribution < -0.4 is 0 Å². The van der Waals surface area contributed by atoms with Crippen molar-refractivity contribution < 1.29 is 23.5 Å². The molecule has 0 radical (unpaired) electrons. The number of ether oxygens (including phenoxy) is 3. The van der Waals surface area contributed by atoms with Gasteiger partial charge in [-0.1, -0.05) is 13.5 Å². The van der Waals surface area contributed by atoms with Crippen molar-refractivity contribution in [1.82, 2.24) is 0 Å². The molecule has 2 aliphatic rings. The first-order chi connectivity index (χ1) is 9.84. The van der Waals surface area contributed by atoms with E-state index >= 15 is 0 Å². The minimum Gasteiger partial charge on any atom is -0.454 e. The Hall–Kier alpha value is -1.35. The fourth-order valence-electron chi connectivity index (χ4n) is 2.86. The molecule has 2 aliphatic heterocycles. The Morgan fingerprint density at radius 3 is 2.71 bits per heavy atom. The SMILES string of the molecule is C#CC[N+](C)(C)CC(=C)C(=O)O[C@@H]1CO[C@H]2[C@@H]1OC[C@@H]2C. The van der Waals surface area contributed by atoms with Crippen molar-refractivity contribution in [3.05, 3.63) is 12.2 Å². The molecule has 2 rings (SSSR count). The molecule has 0 bridgehead atoms. The number of esters is 1. The van der Waals surface area contributed by atoms with Gasteiger partial charge < -0.3 is 18.7 Å². The van der Waals surface area contributed by atoms with Gasteiger partial charge in [-0.2, -0.15) is 0 Å². The van der Waals surface area contributed by atoms with Gasteiger partial charge in [0, 0.05) is 5.92 Å². The summed E-state index contributed by atoms with van der Waals surface area (Å²) in [6.45, 7) is 7.93. The van der Waals surface area contributed by atoms with Crippen LogP contribution in [0.4, 0.5) is 0 Å². The molecule has 0 unspecified atom stereocenters. The molecule has 2 heterocycles. The van der Waals surface area contributed by atoms with Crippen LogP contribution in [0.1, 0.15) is 6.92 Å². The lowest BCUT2D eigenvalue weighted by molar-refractivity contribution is -0.878. The maximum Gasteiger partial charge on any atom is 0.339 e. The third-order valence-corrected chi connectivity index (χ3v) is 3.94. The Morgan fingerprint density at radius 1 is 1.38 bits per heavy atom. The second-order valence-corrected chi connectivity index (χ2v) is 6.58. The van der Waals surface area contributed by atoms with Crippen molar-refractivity contribution in [3.63, 3.8) is 0 Å². The molecule has 0 spiro atoms. The molecular formula is C16H24NO4+. The topological polar surface area (TPSA) is 44.8 Å². The standard InChI is InChI=1S/C16H24NO4/c1-6-7-17(4,5)8-11(2)16(18)21-13-10-20-14-12(3)9-19-15(13)14/h1,12-15H,2,7-10H2,3-5H3/q+1/t12-,13+,14+,15+/m0/s1. The van der Waals surface area contributed by atoms with Crippen LogP contribution >= 0.6 is 0 Å². The number of fused-ring (bicyclic) bond motifs is 1. The van der Waals surface area contributed by atoms with E-state index in [1.807, 2.05) is 14.1 Å². The van der Waals surface area contributed by atoms with Crippen LogP contribution in [0.15, 0.2) is 12.2 Å². The van der Waals surface area contributed by atoms with E-state index in [0.29, 0.717) is 42.3 Å². The third-order valence-electron chi connectivity index (χ3n) is 3.94. The van der Waals surface area contributed by atoms with Gasteiger partial charge >= 0.3 is 5.97 Å². The van der Waals surface area contributed by atoms with E-state index in [1.165, 1.54) is 0 Å². The van der Waals surface area contributed by atoms with Gasteiger partial charge in [-0.3, -0.25) is 0 Å². The van der Waals surface area contributed by atoms with Crippen molar-refractivity contribution in [3.8, 4) is 12.3 Å². The first kappa shape index (κ1) is 16.0. The van der Waals surface area contributed by atoms with Crippen LogP contribution in [0, 0.1) is 18.3 Å². The van der Waals surface area contributed by atoms with E-state index in [0.717, 1.165) is 0 Å². The average Bonchev–Trinajstić information content (AvgIpc) is 2.93. The van der Waals surface area contributed by atoms with Gasteiger partial charge in [0.25, 0.3) is 0 Å². The summed E-state index contributed by atoms with van der Waals surface area (Å²) in [6, 6.07) is 0. The first-order valence-electron chi connectivity index (χ1n) is 7.21. The molecular weight excluding hydrogens is 270 g/mol. The van der Waals surface area contributed by atoms with E-state index in [9.17, 15) is 4.79 Å². The third kappa shape index (κ3) is 3.65. The Labute approximate surface area is 126 Å². The largest absolute Gasteiger partial charge is 0.454 e. The maximum absolute atomic E-state index is 12.2. The van der Waals surface area contributed by atoms with Gasteiger partial charge in [-0.05, 0) is 5.92 Å². The summed E-state index contributed by atoms with van der Waals surface area (Å²) in [5, 5.41) is 0. The maximum atomic E-state index is 12.2. The minimum atomic E-state index is -0.393. The smallest absolute Gasteiger partial charge is 0.339 e. The van der Waals surface area contributed by atoms with E-state index in [4.69, 9.17) is 20.6 Å². The highest BCUT2D eigenvalue weighted by Crippen LogP contribution is 2.32. The molecule has 5 nitrogen and oxygen atoms in total. The molecule has 0 N–H and O–H groups in total. The Bertz CT molecular complexity index is 465. The summed E-state index contributed by atoms with van der Waals surface area (Å²) in [6.07, 6.45) is 4.87. The number of nitrogens with zero attached hydrogens (tertiary/aromatic N) is 1. The molecule has 4 atom stereocenters. The average molecular weight is 294 g/mol. The second-order valence-electron chi connectivity index (χ2n) is 6.58. The number of carbonyl (C=O) groups is 1. The molecule has 2 fully saturated rings. The van der Waals surface area contributed by atoms with E-state index in [1.54, 1.807) is 0 Å². The fraction of sp³-hybridized carbons (Fsp3) is 0.688. The van der Waals surface area contributed by atoms with Crippen molar-refractivity contribution in [1.29, 1.82) is 0 Å². The van der Waals surface area contributed by atoms with Gasteiger partial charge in [0.05, 0.1) is 39.0 Å². The monoisotopic (exact) mass is 294 g/mol. The minimum absolute atomic E-state index is 0.0322. The Balaban J connectivity index is 1.87. The number of rotatable bonds is 5. The predicted molar refractivity (Wildman–Crippen MR) is 78.3 cm³/mol. The summed E-state index contributed by atoms with van der Waals surface area (Å²) in [5.41, 5.74) is 0.421. The number of hydrogen-bond donors (Lipinski definition) is 0. The highest BCUT2D eigenvalue weighted by Gasteiger charge is 2.47. The van der Waals surface area contributed by atoms with Gasteiger partial charge in [-0.25, -0.2) is 4.79 Å². The van der Waals surface area contributed by atoms with E-state index < -0.39 is 5.97 Å². The summed E-state index contributed by atoms with van der Waals surface area (Å²) in [5.74, 6) is 2.55. The fourth-order valence-corrected chi connectivity index (χ4v) is 2.86. The summed E-state index contributed by atoms with van der Waals surface area (Å²) in [4.78, 5) is 12.2. The molecule has 0 aromatic rings. The van der Waals surface area contributed by atoms with Crippen LogP contribution in [-0.4, -0.2) is 69.2 Å². The van der Waals surface area contributed by atoms with Crippen molar-refractivity contribution in [2.24, 2.45) is 5.92 Å². The van der Waals surface area contributed by atoms with Gasteiger partial charge in [0.1, 0.15) is 19.2 Å². The van der Waals surface area contributed by atoms with Crippen LogP contribution in [0.5, 0.6) is 0 Å². The highest BCUT2D eigenvalue weighted by molar-refractivity contribution is 5.88. The zero-order valence-electron chi connectivity index (χ0n) is 13.0. The lowest BCUT2D eigenvalue weighted by atomic mass is 10.0. The molecule has 21 heavy (non-hydrogen) atoms. The van der Waals surface area contributed by atoms with Crippen LogP contribution in [0.3, 0.4) is 0 Å². The van der Waals surface area contributed by atoms with Gasteiger partial charge in [-0.15, -0.1) is 6.42 Å². The summed E-state index contributed by atoms with van der Waals surface area (Å²) in [7, 11) is 3.91. The van der Waals surface area contributed by atoms with Gasteiger partial charge in [0.2, 0.25) is 0 Å². The lowest BCUT2D eigenvalue weighted by Gasteiger charge is -2.28. The number of carbonyl (C=O) groups excluding carboxylic acids is 1. The van der Waals surface area contributed by atoms with Crippen molar-refractivity contribution >= 4 is 5.97 Å². The number of likely N-dealkylation sites (N-methyl/N-ethyl adjacent to an activating group) is 1. The number of quaternary nitrogens is 1. The zero-order valence-corrected chi connectivity index (χ0v) is 13.0. The zero-order chi connectivity index (χ0) is 15.6. The normalized spacial score (nSPS) is 31.5. The molecule has 116 valence electrons. The molecule has 0 amide bonds. The van der Waals surface area contributed by atoms with Crippen LogP contribution in [0.2, 0.25) is 0 Å². The van der Waals surface area contributed by atoms with Gasteiger partial charge in [0.15, 0.2) is 6.10 Å². The van der Waals surface area contributed by atoms with E-state index in [2.05, 4.69) is 19.4 Å². The molecule has 0 aromatic heterocycles. The predicted octanol–water partition coefficient (Wildman–Crippen LogP) is 0.598. The number of terminal acetylenes is 1. The molecule has 2 saturated heterocycles. The van der Waals surface area contributed by atoms with E-state index in [-0.39, 0.29) is 18.3 Å². The van der Waals surface area contributed by atoms with Crippen LogP contribution in [0.25, 0.3) is 0 Å². The lowest BCUT2D eigenvalue weighted by Crippen LogP contribution is -2.43. The Morgan fingerprint density at radius 2 is 2.05 bits per heavy atom. The summed E-state index contributed by atoms with van der Waals surface area (Å²) >= 11 is 0. The molecule has 0 aromatic carbocycles. The second kappa shape index (κ2) is 6.18. The molecule has 5 heteroatoms. The Kier molecular flexibility index (Phi) is 4.72. The summed E-state index contributed by atoms with van der Waals surface area (Å²) < 4.78 is 17.3. The highest BCUT2D eigenvalue weighted by atomic mass is 16.6. The molecule has 0 aliphatic carbocycles. The van der Waals surface area contributed by atoms with Crippen molar-refractivity contribution in [2.45, 2.75) is 25.2 Å².